The minimum atomic E-state index is -2.91. The van der Waals surface area contributed by atoms with Crippen molar-refractivity contribution in [3.8, 4) is 5.75 Å². The number of rotatable bonds is 2. The van der Waals surface area contributed by atoms with Crippen molar-refractivity contribution in [1.29, 1.82) is 0 Å². The van der Waals surface area contributed by atoms with Crippen LogP contribution in [0.15, 0.2) is 26.7 Å². The first-order valence-electron chi connectivity index (χ1n) is 4.79. The third kappa shape index (κ3) is 2.42. The number of benzene rings is 1. The molecule has 0 bridgehead atoms. The summed E-state index contributed by atoms with van der Waals surface area (Å²) in [5, 5.41) is 8.92. The molecule has 96 valence electrons. The Morgan fingerprint density at radius 3 is 2.61 bits per heavy atom. The van der Waals surface area contributed by atoms with Gasteiger partial charge in [-0.05, 0) is 34.1 Å². The van der Waals surface area contributed by atoms with Crippen molar-refractivity contribution in [2.75, 3.05) is 0 Å². The smallest absolute Gasteiger partial charge is 0.335 e. The topological polar surface area (TPSA) is 46.5 Å². The van der Waals surface area contributed by atoms with Gasteiger partial charge in [-0.25, -0.2) is 13.6 Å². The van der Waals surface area contributed by atoms with Crippen molar-refractivity contribution in [2.45, 2.75) is 12.5 Å². The molecule has 1 aromatic carbocycles. The number of ether oxygens (including phenoxy) is 1. The Balaban J connectivity index is 2.58. The van der Waals surface area contributed by atoms with Gasteiger partial charge in [-0.15, -0.1) is 0 Å². The van der Waals surface area contributed by atoms with E-state index in [2.05, 4.69) is 31.9 Å². The zero-order chi connectivity index (χ0) is 13.4. The monoisotopic (exact) mass is 382 g/mol. The number of fused-ring (bicyclic) bond motifs is 1. The van der Waals surface area contributed by atoms with E-state index in [4.69, 9.17) is 9.84 Å². The fourth-order valence-electron chi connectivity index (χ4n) is 1.62. The second-order valence-corrected chi connectivity index (χ2v) is 5.35. The van der Waals surface area contributed by atoms with Crippen LogP contribution in [-0.4, -0.2) is 23.6 Å². The van der Waals surface area contributed by atoms with Crippen molar-refractivity contribution in [3.63, 3.8) is 0 Å². The molecular weight excluding hydrogens is 378 g/mol. The number of carboxylic acid groups (broad SMARTS) is 1. The first-order valence-corrected chi connectivity index (χ1v) is 6.37. The molecule has 0 amide bonds. The lowest BCUT2D eigenvalue weighted by Gasteiger charge is -2.25. The summed E-state index contributed by atoms with van der Waals surface area (Å²) in [6, 6.07) is 3.24. The van der Waals surface area contributed by atoms with Gasteiger partial charge in [0.1, 0.15) is 5.75 Å². The predicted octanol–water partition coefficient (Wildman–Crippen LogP) is 3.71. The summed E-state index contributed by atoms with van der Waals surface area (Å²) in [6.07, 6.45) is -3.46. The van der Waals surface area contributed by atoms with Crippen LogP contribution in [0, 0.1) is 0 Å². The molecule has 1 N–H and O–H groups in total. The Labute approximate surface area is 118 Å². The van der Waals surface area contributed by atoms with Crippen LogP contribution in [0.2, 0.25) is 0 Å². The molecule has 1 atom stereocenters. The fraction of sp³-hybridized carbons (Fsp3) is 0.182. The van der Waals surface area contributed by atoms with Crippen molar-refractivity contribution in [3.05, 3.63) is 32.2 Å². The summed E-state index contributed by atoms with van der Waals surface area (Å²) in [6.45, 7) is 0. The summed E-state index contributed by atoms with van der Waals surface area (Å²) in [5.41, 5.74) is -0.0203. The Morgan fingerprint density at radius 1 is 1.39 bits per heavy atom. The van der Waals surface area contributed by atoms with Crippen molar-refractivity contribution < 1.29 is 23.4 Å². The molecule has 0 aliphatic carbocycles. The highest BCUT2D eigenvalue weighted by atomic mass is 79.9. The first kappa shape index (κ1) is 13.5. The molecule has 0 saturated carbocycles. The maximum absolute atomic E-state index is 12.8. The fourth-order valence-corrected chi connectivity index (χ4v) is 2.97. The summed E-state index contributed by atoms with van der Waals surface area (Å²) < 4.78 is 31.8. The number of carboxylic acids is 1. The van der Waals surface area contributed by atoms with Crippen LogP contribution in [0.4, 0.5) is 8.78 Å². The van der Waals surface area contributed by atoms with E-state index in [1.165, 1.54) is 6.08 Å². The van der Waals surface area contributed by atoms with Gasteiger partial charge < -0.3 is 9.84 Å². The van der Waals surface area contributed by atoms with Gasteiger partial charge in [0.2, 0.25) is 0 Å². The third-order valence-corrected chi connectivity index (χ3v) is 3.42. The van der Waals surface area contributed by atoms with Gasteiger partial charge in [-0.1, -0.05) is 15.9 Å². The highest BCUT2D eigenvalue weighted by molar-refractivity contribution is 9.11. The van der Waals surface area contributed by atoms with Crippen LogP contribution in [0.5, 0.6) is 5.75 Å². The molecule has 2 rings (SSSR count). The van der Waals surface area contributed by atoms with E-state index in [1.807, 2.05) is 0 Å². The van der Waals surface area contributed by atoms with Gasteiger partial charge in [0.25, 0.3) is 6.43 Å². The van der Waals surface area contributed by atoms with Crippen LogP contribution in [0.3, 0.4) is 0 Å². The second kappa shape index (κ2) is 4.97. The average molecular weight is 384 g/mol. The number of aliphatic carboxylic acids is 1. The molecule has 0 fully saturated rings. The van der Waals surface area contributed by atoms with Crippen molar-refractivity contribution >= 4 is 43.9 Å². The van der Waals surface area contributed by atoms with Gasteiger partial charge in [-0.2, -0.15) is 0 Å². The predicted molar refractivity (Wildman–Crippen MR) is 67.9 cm³/mol. The second-order valence-electron chi connectivity index (χ2n) is 3.58. The lowest BCUT2D eigenvalue weighted by Crippen LogP contribution is -2.33. The van der Waals surface area contributed by atoms with Crippen LogP contribution in [-0.2, 0) is 4.79 Å². The highest BCUT2D eigenvalue weighted by Gasteiger charge is 2.35. The van der Waals surface area contributed by atoms with Gasteiger partial charge in [0.15, 0.2) is 6.10 Å². The molecule has 7 heteroatoms. The number of carbonyl (C=O) groups is 1. The van der Waals surface area contributed by atoms with Crippen LogP contribution in [0.1, 0.15) is 5.56 Å². The van der Waals surface area contributed by atoms with Gasteiger partial charge in [0, 0.05) is 10.0 Å². The molecule has 1 aliphatic heterocycles. The third-order valence-electron chi connectivity index (χ3n) is 2.38. The minimum absolute atomic E-state index is 0.216. The summed E-state index contributed by atoms with van der Waals surface area (Å²) in [4.78, 5) is 10.9. The van der Waals surface area contributed by atoms with Crippen LogP contribution < -0.4 is 4.74 Å². The van der Waals surface area contributed by atoms with E-state index < -0.39 is 24.1 Å². The van der Waals surface area contributed by atoms with E-state index >= 15 is 0 Å². The van der Waals surface area contributed by atoms with E-state index in [-0.39, 0.29) is 5.75 Å². The minimum Gasteiger partial charge on any atom is -0.478 e. The standard InChI is InChI=1S/C11H6Br2F2O3/c12-5-1-4-2-6(11(16)17)9(10(14)15)18-8(4)7(13)3-5/h1-3,9-10H,(H,16,17). The lowest BCUT2D eigenvalue weighted by atomic mass is 10.0. The van der Waals surface area contributed by atoms with E-state index in [1.54, 1.807) is 12.1 Å². The average Bonchev–Trinajstić information content (AvgIpc) is 2.26. The Kier molecular flexibility index (Phi) is 3.72. The molecule has 0 saturated heterocycles. The molecule has 3 nitrogen and oxygen atoms in total. The molecular formula is C11H6Br2F2O3. The van der Waals surface area contributed by atoms with Gasteiger partial charge in [0.05, 0.1) is 10.0 Å². The molecule has 1 heterocycles. The SMILES string of the molecule is O=C(O)C1=Cc2cc(Br)cc(Br)c2OC1C(F)F. The number of halogens is 4. The quantitative estimate of drug-likeness (QED) is 0.846. The van der Waals surface area contributed by atoms with E-state index in [9.17, 15) is 13.6 Å². The number of hydrogen-bond donors (Lipinski definition) is 1. The Bertz CT molecular complexity index is 543. The first-order chi connectivity index (χ1) is 8.40. The Hall–Kier alpha value is -0.950. The molecule has 18 heavy (non-hydrogen) atoms. The largest absolute Gasteiger partial charge is 0.478 e. The van der Waals surface area contributed by atoms with Crippen LogP contribution in [0.25, 0.3) is 6.08 Å². The normalized spacial score (nSPS) is 18.1. The maximum atomic E-state index is 12.8. The number of hydrogen-bond acceptors (Lipinski definition) is 2. The zero-order valence-electron chi connectivity index (χ0n) is 8.66. The summed E-state index contributed by atoms with van der Waals surface area (Å²) in [7, 11) is 0. The van der Waals surface area contributed by atoms with E-state index in [0.29, 0.717) is 14.5 Å². The highest BCUT2D eigenvalue weighted by Crippen LogP contribution is 2.39. The molecule has 0 radical (unpaired) electrons. The number of alkyl halides is 2. The van der Waals surface area contributed by atoms with Crippen LogP contribution >= 0.6 is 31.9 Å². The zero-order valence-corrected chi connectivity index (χ0v) is 11.8. The summed E-state index contributed by atoms with van der Waals surface area (Å²) in [5.74, 6) is -1.20. The molecule has 1 unspecified atom stereocenters. The maximum Gasteiger partial charge on any atom is 0.335 e. The molecule has 0 spiro atoms. The van der Waals surface area contributed by atoms with Crippen molar-refractivity contribution in [2.24, 2.45) is 0 Å². The molecule has 0 aromatic heterocycles. The molecule has 1 aliphatic rings. The Morgan fingerprint density at radius 2 is 2.06 bits per heavy atom. The summed E-state index contributed by atoms with van der Waals surface area (Å²) >= 11 is 6.42. The van der Waals surface area contributed by atoms with Crippen molar-refractivity contribution in [1.82, 2.24) is 0 Å². The lowest BCUT2D eigenvalue weighted by molar-refractivity contribution is -0.134. The van der Waals surface area contributed by atoms with Gasteiger partial charge >= 0.3 is 5.97 Å². The molecule has 1 aromatic rings. The van der Waals surface area contributed by atoms with E-state index in [0.717, 1.165) is 0 Å². The van der Waals surface area contributed by atoms with Gasteiger partial charge in [-0.3, -0.25) is 0 Å².